The highest BCUT2D eigenvalue weighted by Crippen LogP contribution is 2.43. The number of halogens is 2. The molecule has 0 saturated carbocycles. The molecule has 0 spiro atoms. The van der Waals surface area contributed by atoms with Crippen LogP contribution < -0.4 is 20.1 Å². The Balaban J connectivity index is 1.53. The highest BCUT2D eigenvalue weighted by atomic mass is 79.9. The van der Waals surface area contributed by atoms with E-state index in [2.05, 4.69) is 33.5 Å². The maximum Gasteiger partial charge on any atom is 0.255 e. The molecule has 3 aromatic carbocycles. The molecular weight excluding hydrogens is 650 g/mol. The quantitative estimate of drug-likeness (QED) is 0.114. The largest absolute Gasteiger partial charge is 0.493 e. The van der Waals surface area contributed by atoms with Crippen molar-refractivity contribution in [3.05, 3.63) is 98.6 Å². The molecule has 4 aromatic rings. The smallest absolute Gasteiger partial charge is 0.255 e. The number of allylic oxidation sites excluding steroid dienone is 1. The van der Waals surface area contributed by atoms with E-state index in [1.807, 2.05) is 73.7 Å². The summed E-state index contributed by atoms with van der Waals surface area (Å²) in [5.74, 6) is 2.08. The lowest BCUT2D eigenvalue weighted by Crippen LogP contribution is -2.31. The summed E-state index contributed by atoms with van der Waals surface area (Å²) in [7, 11) is 1.61. The molecule has 5 rings (SSSR count). The number of thioether (sulfide) groups is 1. The highest BCUT2D eigenvalue weighted by molar-refractivity contribution is 9.10. The predicted molar refractivity (Wildman–Crippen MR) is 176 cm³/mol. The molecule has 43 heavy (non-hydrogen) atoms. The van der Waals surface area contributed by atoms with E-state index in [0.29, 0.717) is 56.9 Å². The molecule has 0 saturated heterocycles. The first kappa shape index (κ1) is 31.0. The molecule has 1 aliphatic rings. The lowest BCUT2D eigenvalue weighted by atomic mass is 9.94. The average Bonchev–Trinajstić information content (AvgIpc) is 3.41. The number of nitrogens with zero attached hydrogens (tertiary/aromatic N) is 3. The highest BCUT2D eigenvalue weighted by Gasteiger charge is 2.35. The minimum absolute atomic E-state index is 0.248. The van der Waals surface area contributed by atoms with Crippen molar-refractivity contribution in [3.63, 3.8) is 0 Å². The molecule has 1 aliphatic heterocycles. The van der Waals surface area contributed by atoms with Crippen LogP contribution >= 0.6 is 39.3 Å². The van der Waals surface area contributed by atoms with E-state index in [1.165, 1.54) is 11.8 Å². The second-order valence-electron chi connectivity index (χ2n) is 10.0. The number of nitrogens with one attached hydrogen (secondary N) is 2. The number of unbranched alkanes of at least 4 members (excludes halogenated alkanes) is 2. The molecule has 0 aliphatic carbocycles. The molecule has 2 N–H and O–H groups in total. The number of ether oxygens (including phenoxy) is 2. The maximum absolute atomic E-state index is 13.9. The summed E-state index contributed by atoms with van der Waals surface area (Å²) in [6.45, 7) is 4.61. The van der Waals surface area contributed by atoms with Gasteiger partial charge in [0.25, 0.3) is 5.91 Å². The Kier molecular flexibility index (Phi) is 10.3. The van der Waals surface area contributed by atoms with E-state index in [9.17, 15) is 4.79 Å². The average molecular weight is 683 g/mol. The monoisotopic (exact) mass is 681 g/mol. The van der Waals surface area contributed by atoms with Crippen LogP contribution in [0.1, 0.15) is 50.3 Å². The third-order valence-corrected chi connectivity index (χ3v) is 8.83. The summed E-state index contributed by atoms with van der Waals surface area (Å²) >= 11 is 11.6. The van der Waals surface area contributed by atoms with Crippen molar-refractivity contribution in [1.82, 2.24) is 14.8 Å². The van der Waals surface area contributed by atoms with Crippen molar-refractivity contribution in [2.75, 3.05) is 24.4 Å². The van der Waals surface area contributed by atoms with Crippen molar-refractivity contribution in [2.24, 2.45) is 0 Å². The number of benzene rings is 3. The van der Waals surface area contributed by atoms with Gasteiger partial charge in [-0.3, -0.25) is 4.79 Å². The molecule has 0 bridgehead atoms. The third kappa shape index (κ3) is 7.20. The molecule has 0 radical (unpaired) electrons. The number of hydrogen-bond donors (Lipinski definition) is 2. The fourth-order valence-electron chi connectivity index (χ4n) is 4.84. The number of methoxy groups -OCH3 is 1. The van der Waals surface area contributed by atoms with Gasteiger partial charge in [0.2, 0.25) is 11.1 Å². The van der Waals surface area contributed by atoms with Gasteiger partial charge in [-0.15, -0.1) is 5.10 Å². The molecule has 11 heteroatoms. The van der Waals surface area contributed by atoms with Crippen molar-refractivity contribution >= 4 is 56.8 Å². The summed E-state index contributed by atoms with van der Waals surface area (Å²) < 4.78 is 14.4. The molecule has 0 fully saturated rings. The van der Waals surface area contributed by atoms with Gasteiger partial charge >= 0.3 is 0 Å². The molecule has 1 amide bonds. The zero-order valence-electron chi connectivity index (χ0n) is 24.2. The Hall–Kier alpha value is -3.47. The first-order valence-electron chi connectivity index (χ1n) is 14.1. The fourth-order valence-corrected chi connectivity index (χ4v) is 6.53. The summed E-state index contributed by atoms with van der Waals surface area (Å²) in [5.41, 5.74) is 3.66. The van der Waals surface area contributed by atoms with Gasteiger partial charge in [0.15, 0.2) is 11.5 Å². The van der Waals surface area contributed by atoms with Gasteiger partial charge in [-0.05, 0) is 70.7 Å². The maximum atomic E-state index is 13.9. The minimum atomic E-state index is -0.596. The van der Waals surface area contributed by atoms with E-state index in [1.54, 1.807) is 11.8 Å². The Morgan fingerprint density at radius 1 is 1.14 bits per heavy atom. The number of anilines is 2. The van der Waals surface area contributed by atoms with Crippen LogP contribution in [0.2, 0.25) is 5.02 Å². The van der Waals surface area contributed by atoms with Gasteiger partial charge in [-0.1, -0.05) is 79.5 Å². The number of carbonyl (C=O) groups excluding carboxylic acids is 1. The first-order chi connectivity index (χ1) is 20.9. The van der Waals surface area contributed by atoms with Crippen LogP contribution in [0.5, 0.6) is 11.5 Å². The first-order valence-corrected chi connectivity index (χ1v) is 16.2. The van der Waals surface area contributed by atoms with Gasteiger partial charge in [0.05, 0.1) is 23.8 Å². The van der Waals surface area contributed by atoms with E-state index >= 15 is 0 Å². The topological polar surface area (TPSA) is 90.3 Å². The molecule has 2 heterocycles. The van der Waals surface area contributed by atoms with Crippen LogP contribution in [0.15, 0.2) is 87.6 Å². The van der Waals surface area contributed by atoms with Crippen LogP contribution in [-0.2, 0) is 10.5 Å². The molecule has 1 atom stereocenters. The summed E-state index contributed by atoms with van der Waals surface area (Å²) in [6.07, 6.45) is 3.14. The van der Waals surface area contributed by atoms with Crippen LogP contribution in [0.3, 0.4) is 0 Å². The number of aromatic nitrogens is 3. The van der Waals surface area contributed by atoms with Gasteiger partial charge in [0.1, 0.15) is 6.04 Å². The van der Waals surface area contributed by atoms with Crippen LogP contribution in [0, 0.1) is 0 Å². The van der Waals surface area contributed by atoms with E-state index in [0.717, 1.165) is 34.9 Å². The molecule has 224 valence electrons. The Labute approximate surface area is 269 Å². The molecule has 1 unspecified atom stereocenters. The summed E-state index contributed by atoms with van der Waals surface area (Å²) in [5, 5.41) is 12.5. The van der Waals surface area contributed by atoms with Gasteiger partial charge < -0.3 is 20.1 Å². The number of fused-ring (bicyclic) bond motifs is 1. The second-order valence-corrected chi connectivity index (χ2v) is 12.2. The Bertz CT molecular complexity index is 1630. The SMILES string of the molecule is CCCCCOc1c(Br)cc(C2C(C(=O)Nc3ccccc3)=C(C)Nc3nc(SCc4ccccc4Cl)nn32)cc1OC. The minimum Gasteiger partial charge on any atom is -0.493 e. The zero-order chi connectivity index (χ0) is 30.3. The van der Waals surface area contributed by atoms with Gasteiger partial charge in [-0.2, -0.15) is 4.98 Å². The predicted octanol–water partition coefficient (Wildman–Crippen LogP) is 8.49. The number of rotatable bonds is 12. The third-order valence-electron chi connectivity index (χ3n) is 6.99. The van der Waals surface area contributed by atoms with Gasteiger partial charge in [0, 0.05) is 22.2 Å². The fraction of sp³-hybridized carbons (Fsp3) is 0.281. The molecule has 1 aromatic heterocycles. The Morgan fingerprint density at radius 2 is 1.91 bits per heavy atom. The van der Waals surface area contributed by atoms with E-state index in [4.69, 9.17) is 31.2 Å². The van der Waals surface area contributed by atoms with E-state index < -0.39 is 6.04 Å². The number of para-hydroxylation sites is 1. The molecule has 8 nitrogen and oxygen atoms in total. The van der Waals surface area contributed by atoms with Crippen LogP contribution in [-0.4, -0.2) is 34.4 Å². The van der Waals surface area contributed by atoms with Crippen molar-refractivity contribution in [1.29, 1.82) is 0 Å². The number of amides is 1. The standard InChI is InChI=1S/C32H33BrClN5O3S/c1-4-5-11-16-42-29-24(33)17-22(18-26(29)41-3)28-27(30(40)36-23-13-7-6-8-14-23)20(2)35-31-37-32(38-39(28)31)43-19-21-12-9-10-15-25(21)34/h6-10,12-15,17-18,28H,4-5,11,16,19H2,1-3H3,(H,36,40)(H,35,37,38). The summed E-state index contributed by atoms with van der Waals surface area (Å²) in [6, 6.07) is 20.4. The summed E-state index contributed by atoms with van der Waals surface area (Å²) in [4.78, 5) is 18.6. The zero-order valence-corrected chi connectivity index (χ0v) is 27.4. The Morgan fingerprint density at radius 3 is 2.65 bits per heavy atom. The van der Waals surface area contributed by atoms with Crippen LogP contribution in [0.4, 0.5) is 11.6 Å². The van der Waals surface area contributed by atoms with Crippen molar-refractivity contribution < 1.29 is 14.3 Å². The number of hydrogen-bond acceptors (Lipinski definition) is 7. The lowest BCUT2D eigenvalue weighted by molar-refractivity contribution is -0.113. The second kappa shape index (κ2) is 14.3. The number of carbonyl (C=O) groups is 1. The lowest BCUT2D eigenvalue weighted by Gasteiger charge is -2.29. The van der Waals surface area contributed by atoms with Crippen molar-refractivity contribution in [3.8, 4) is 11.5 Å². The normalized spacial score (nSPS) is 14.2. The van der Waals surface area contributed by atoms with Crippen molar-refractivity contribution in [2.45, 2.75) is 50.1 Å². The van der Waals surface area contributed by atoms with Gasteiger partial charge in [-0.25, -0.2) is 4.68 Å². The van der Waals surface area contributed by atoms with Crippen LogP contribution in [0.25, 0.3) is 0 Å². The van der Waals surface area contributed by atoms with E-state index in [-0.39, 0.29) is 5.91 Å². The molecular formula is C32H33BrClN5O3S.